The number of hydrogen-bond donors (Lipinski definition) is 2. The highest BCUT2D eigenvalue weighted by Crippen LogP contribution is 2.30. The number of methoxy groups -OCH3 is 1. The van der Waals surface area contributed by atoms with Crippen molar-refractivity contribution in [2.45, 2.75) is 19.4 Å². The number of anilines is 1. The third-order valence-electron chi connectivity index (χ3n) is 3.92. The third-order valence-corrected chi connectivity index (χ3v) is 3.92. The van der Waals surface area contributed by atoms with Crippen molar-refractivity contribution in [2.24, 2.45) is 4.99 Å². The monoisotopic (exact) mass is 448 g/mol. The molecule has 2 rings (SSSR count). The van der Waals surface area contributed by atoms with Gasteiger partial charge in [-0.05, 0) is 25.5 Å². The highest BCUT2D eigenvalue weighted by molar-refractivity contribution is 14.0. The van der Waals surface area contributed by atoms with Crippen LogP contribution in [0.4, 0.5) is 5.69 Å². The number of ether oxygens (including phenoxy) is 2. The second-order valence-electron chi connectivity index (χ2n) is 5.44. The summed E-state index contributed by atoms with van der Waals surface area (Å²) in [7, 11) is 3.51. The molecule has 1 unspecified atom stereocenters. The molecule has 0 radical (unpaired) electrons. The van der Waals surface area contributed by atoms with Crippen molar-refractivity contribution >= 4 is 35.6 Å². The molecule has 0 aliphatic carbocycles. The van der Waals surface area contributed by atoms with E-state index in [9.17, 15) is 0 Å². The van der Waals surface area contributed by atoms with Crippen LogP contribution in [0.5, 0.6) is 5.75 Å². The van der Waals surface area contributed by atoms with E-state index in [1.54, 1.807) is 14.2 Å². The van der Waals surface area contributed by atoms with Crippen molar-refractivity contribution in [3.05, 3.63) is 24.3 Å². The first-order valence-corrected chi connectivity index (χ1v) is 8.21. The standard InChI is InChI=1S/C17H28N4O2.HI/c1-4-23-12-10-19-17(18-2)20-14-9-11-21(13-14)15-7-5-6-8-16(15)22-3;/h5-8,14H,4,9-13H2,1-3H3,(H2,18,19,20);1H. The fourth-order valence-corrected chi connectivity index (χ4v) is 2.76. The highest BCUT2D eigenvalue weighted by atomic mass is 127. The van der Waals surface area contributed by atoms with Crippen LogP contribution in [-0.2, 0) is 4.74 Å². The number of para-hydroxylation sites is 2. The first kappa shape index (κ1) is 20.8. The number of rotatable bonds is 7. The van der Waals surface area contributed by atoms with Gasteiger partial charge in [-0.15, -0.1) is 24.0 Å². The van der Waals surface area contributed by atoms with Gasteiger partial charge in [0.15, 0.2) is 5.96 Å². The quantitative estimate of drug-likeness (QED) is 0.290. The molecule has 136 valence electrons. The summed E-state index contributed by atoms with van der Waals surface area (Å²) in [5.41, 5.74) is 1.15. The SMILES string of the molecule is CCOCCNC(=NC)NC1CCN(c2ccccc2OC)C1.I. The zero-order chi connectivity index (χ0) is 16.5. The maximum absolute atomic E-state index is 5.46. The maximum atomic E-state index is 5.46. The summed E-state index contributed by atoms with van der Waals surface area (Å²) in [6.45, 7) is 6.13. The third kappa shape index (κ3) is 6.01. The van der Waals surface area contributed by atoms with Crippen molar-refractivity contribution in [1.29, 1.82) is 0 Å². The summed E-state index contributed by atoms with van der Waals surface area (Å²) in [6, 6.07) is 8.53. The van der Waals surface area contributed by atoms with E-state index in [1.807, 2.05) is 25.1 Å². The van der Waals surface area contributed by atoms with Crippen molar-refractivity contribution in [3.63, 3.8) is 0 Å². The van der Waals surface area contributed by atoms with E-state index in [-0.39, 0.29) is 24.0 Å². The Kier molecular flexibility index (Phi) is 9.85. The van der Waals surface area contributed by atoms with Gasteiger partial charge in [-0.3, -0.25) is 4.99 Å². The van der Waals surface area contributed by atoms with E-state index in [0.717, 1.165) is 50.1 Å². The van der Waals surface area contributed by atoms with E-state index in [0.29, 0.717) is 12.6 Å². The van der Waals surface area contributed by atoms with Crippen molar-refractivity contribution in [2.75, 3.05) is 51.9 Å². The second kappa shape index (κ2) is 11.4. The Bertz CT molecular complexity index is 513. The summed E-state index contributed by atoms with van der Waals surface area (Å²) >= 11 is 0. The average Bonchev–Trinajstić information content (AvgIpc) is 3.06. The van der Waals surface area contributed by atoms with Crippen LogP contribution in [-0.4, -0.2) is 59.0 Å². The van der Waals surface area contributed by atoms with Gasteiger partial charge in [0.05, 0.1) is 19.4 Å². The summed E-state index contributed by atoms with van der Waals surface area (Å²) in [5.74, 6) is 1.75. The molecule has 1 aliphatic heterocycles. The molecule has 1 saturated heterocycles. The van der Waals surface area contributed by atoms with Crippen LogP contribution in [0.15, 0.2) is 29.3 Å². The molecule has 1 aromatic rings. The minimum Gasteiger partial charge on any atom is -0.495 e. The number of nitrogens with zero attached hydrogens (tertiary/aromatic N) is 2. The highest BCUT2D eigenvalue weighted by Gasteiger charge is 2.25. The minimum absolute atomic E-state index is 0. The second-order valence-corrected chi connectivity index (χ2v) is 5.44. The van der Waals surface area contributed by atoms with Gasteiger partial charge in [-0.25, -0.2) is 0 Å². The lowest BCUT2D eigenvalue weighted by Gasteiger charge is -2.22. The van der Waals surface area contributed by atoms with E-state index in [2.05, 4.69) is 26.6 Å². The Morgan fingerprint density at radius 1 is 1.38 bits per heavy atom. The van der Waals surface area contributed by atoms with Crippen LogP contribution < -0.4 is 20.3 Å². The Hall–Kier alpha value is -1.22. The zero-order valence-corrected chi connectivity index (χ0v) is 17.1. The van der Waals surface area contributed by atoms with Crippen molar-refractivity contribution in [1.82, 2.24) is 10.6 Å². The zero-order valence-electron chi connectivity index (χ0n) is 14.7. The summed E-state index contributed by atoms with van der Waals surface area (Å²) in [4.78, 5) is 6.63. The lowest BCUT2D eigenvalue weighted by atomic mass is 10.2. The number of benzene rings is 1. The average molecular weight is 448 g/mol. The Labute approximate surface area is 162 Å². The Morgan fingerprint density at radius 3 is 2.88 bits per heavy atom. The summed E-state index contributed by atoms with van der Waals surface area (Å²) in [5, 5.41) is 6.76. The number of aliphatic imine (C=N–C) groups is 1. The molecule has 2 N–H and O–H groups in total. The first-order valence-electron chi connectivity index (χ1n) is 8.21. The molecule has 1 fully saturated rings. The van der Waals surface area contributed by atoms with Crippen molar-refractivity contribution < 1.29 is 9.47 Å². The van der Waals surface area contributed by atoms with E-state index >= 15 is 0 Å². The smallest absolute Gasteiger partial charge is 0.191 e. The molecule has 1 heterocycles. The van der Waals surface area contributed by atoms with E-state index in [1.165, 1.54) is 0 Å². The Morgan fingerprint density at radius 2 is 2.17 bits per heavy atom. The molecule has 0 aromatic heterocycles. The molecular formula is C17H29IN4O2. The largest absolute Gasteiger partial charge is 0.495 e. The molecule has 7 heteroatoms. The number of nitrogens with one attached hydrogen (secondary N) is 2. The van der Waals surface area contributed by atoms with Crippen LogP contribution >= 0.6 is 24.0 Å². The molecule has 1 atom stereocenters. The molecular weight excluding hydrogens is 419 g/mol. The summed E-state index contributed by atoms with van der Waals surface area (Å²) < 4.78 is 10.8. The van der Waals surface area contributed by atoms with E-state index in [4.69, 9.17) is 9.47 Å². The number of hydrogen-bond acceptors (Lipinski definition) is 4. The van der Waals surface area contributed by atoms with E-state index < -0.39 is 0 Å². The lowest BCUT2D eigenvalue weighted by molar-refractivity contribution is 0.152. The van der Waals surface area contributed by atoms with Gasteiger partial charge in [0.1, 0.15) is 5.75 Å². The molecule has 0 amide bonds. The van der Waals surface area contributed by atoms with Crippen molar-refractivity contribution in [3.8, 4) is 5.75 Å². The minimum atomic E-state index is 0. The van der Waals surface area contributed by atoms with Crippen LogP contribution in [0.1, 0.15) is 13.3 Å². The number of halogens is 1. The van der Waals surface area contributed by atoms with Gasteiger partial charge in [0.25, 0.3) is 0 Å². The van der Waals surface area contributed by atoms with Crippen LogP contribution in [0, 0.1) is 0 Å². The Balaban J connectivity index is 0.00000288. The first-order chi connectivity index (χ1) is 11.3. The summed E-state index contributed by atoms with van der Waals surface area (Å²) in [6.07, 6.45) is 1.07. The van der Waals surface area contributed by atoms with Crippen LogP contribution in [0.3, 0.4) is 0 Å². The topological polar surface area (TPSA) is 58.1 Å². The van der Waals surface area contributed by atoms with Gasteiger partial charge < -0.3 is 25.0 Å². The van der Waals surface area contributed by atoms with Crippen LogP contribution in [0.25, 0.3) is 0 Å². The molecule has 1 aromatic carbocycles. The fourth-order valence-electron chi connectivity index (χ4n) is 2.76. The molecule has 0 saturated carbocycles. The number of guanidine groups is 1. The molecule has 6 nitrogen and oxygen atoms in total. The predicted molar refractivity (Wildman–Crippen MR) is 110 cm³/mol. The van der Waals surface area contributed by atoms with Crippen LogP contribution in [0.2, 0.25) is 0 Å². The fraction of sp³-hybridized carbons (Fsp3) is 0.588. The molecule has 0 spiro atoms. The van der Waals surface area contributed by atoms with Gasteiger partial charge in [-0.1, -0.05) is 12.1 Å². The normalized spacial score (nSPS) is 17.4. The van der Waals surface area contributed by atoms with Gasteiger partial charge in [0, 0.05) is 39.3 Å². The van der Waals surface area contributed by atoms with Gasteiger partial charge in [-0.2, -0.15) is 0 Å². The molecule has 1 aliphatic rings. The predicted octanol–water partition coefficient (Wildman–Crippen LogP) is 2.09. The maximum Gasteiger partial charge on any atom is 0.191 e. The van der Waals surface area contributed by atoms with Gasteiger partial charge in [0.2, 0.25) is 0 Å². The molecule has 24 heavy (non-hydrogen) atoms. The lowest BCUT2D eigenvalue weighted by Crippen LogP contribution is -2.45. The molecule has 0 bridgehead atoms. The van der Waals surface area contributed by atoms with Gasteiger partial charge >= 0.3 is 0 Å².